The summed E-state index contributed by atoms with van der Waals surface area (Å²) >= 11 is 5.92. The number of benzene rings is 1. The van der Waals surface area contributed by atoms with E-state index in [1.54, 1.807) is 0 Å². The zero-order valence-electron chi connectivity index (χ0n) is 21.4. The maximum Gasteiger partial charge on any atom is 0.260 e. The number of fused-ring (bicyclic) bond motifs is 1. The van der Waals surface area contributed by atoms with Gasteiger partial charge in [0, 0.05) is 41.5 Å². The van der Waals surface area contributed by atoms with Gasteiger partial charge >= 0.3 is 0 Å². The topological polar surface area (TPSA) is 116 Å². The molecule has 0 bridgehead atoms. The third-order valence-corrected chi connectivity index (χ3v) is 7.44. The van der Waals surface area contributed by atoms with Crippen LogP contribution in [0.2, 0.25) is 19.6 Å². The van der Waals surface area contributed by atoms with Crippen LogP contribution < -0.4 is 16.0 Å². The molecule has 0 spiro atoms. The van der Waals surface area contributed by atoms with Gasteiger partial charge in [-0.15, -0.1) is 0 Å². The molecule has 192 valence electrons. The largest absolute Gasteiger partial charge is 0.409 e. The Balaban J connectivity index is 1.76. The maximum absolute atomic E-state index is 13.3. The number of anilines is 1. The van der Waals surface area contributed by atoms with Crippen LogP contribution in [0.1, 0.15) is 38.3 Å². The van der Waals surface area contributed by atoms with Crippen LogP contribution in [0.3, 0.4) is 0 Å². The first-order valence-corrected chi connectivity index (χ1v) is 15.9. The van der Waals surface area contributed by atoms with Crippen molar-refractivity contribution in [3.05, 3.63) is 46.5 Å². The molecule has 3 heterocycles. The molecule has 2 aliphatic rings. The van der Waals surface area contributed by atoms with Crippen molar-refractivity contribution >= 4 is 54.8 Å². The molecule has 4 N–H and O–H groups in total. The number of piperidine rings is 1. The van der Waals surface area contributed by atoms with Crippen LogP contribution in [-0.4, -0.2) is 49.5 Å². The quantitative estimate of drug-likeness (QED) is 0.238. The minimum Gasteiger partial charge on any atom is -0.409 e. The van der Waals surface area contributed by atoms with E-state index in [-0.39, 0.29) is 11.4 Å². The lowest BCUT2D eigenvalue weighted by molar-refractivity contribution is -0.112. The molecule has 0 unspecified atom stereocenters. The summed E-state index contributed by atoms with van der Waals surface area (Å²) in [5, 5.41) is 23.4. The monoisotopic (exact) mass is 527 g/mol. The normalized spacial score (nSPS) is 18.6. The van der Waals surface area contributed by atoms with Gasteiger partial charge in [0.15, 0.2) is 8.32 Å². The van der Waals surface area contributed by atoms with Crippen LogP contribution in [-0.2, 0) is 14.8 Å². The Kier molecular flexibility index (Phi) is 7.51. The maximum atomic E-state index is 13.3. The zero-order chi connectivity index (χ0) is 26.1. The molecule has 36 heavy (non-hydrogen) atoms. The lowest BCUT2D eigenvalue weighted by Gasteiger charge is -2.35. The summed E-state index contributed by atoms with van der Waals surface area (Å²) in [6, 6.07) is 4.30. The number of rotatable bonds is 7. The van der Waals surface area contributed by atoms with Gasteiger partial charge in [-0.2, -0.15) is 5.10 Å². The van der Waals surface area contributed by atoms with Crippen LogP contribution in [0.15, 0.2) is 45.9 Å². The first kappa shape index (κ1) is 26.3. The van der Waals surface area contributed by atoms with Crippen LogP contribution in [0, 0.1) is 5.41 Å². The third-order valence-electron chi connectivity index (χ3n) is 6.11. The van der Waals surface area contributed by atoms with Crippen molar-refractivity contribution in [1.82, 2.24) is 20.4 Å². The average Bonchev–Trinajstić information content (AvgIpc) is 3.22. The Morgan fingerprint density at radius 2 is 2.03 bits per heavy atom. The minimum atomic E-state index is -1.93. The lowest BCUT2D eigenvalue weighted by atomic mass is 9.95. The molecule has 9 nitrogen and oxygen atoms in total. The molecule has 0 atom stereocenters. The first-order chi connectivity index (χ1) is 17.0. The van der Waals surface area contributed by atoms with E-state index in [4.69, 9.17) is 26.5 Å². The van der Waals surface area contributed by atoms with E-state index in [1.165, 1.54) is 12.4 Å². The van der Waals surface area contributed by atoms with Gasteiger partial charge < -0.3 is 25.8 Å². The highest BCUT2D eigenvalue weighted by Gasteiger charge is 2.32. The van der Waals surface area contributed by atoms with Crippen LogP contribution >= 0.6 is 11.6 Å². The summed E-state index contributed by atoms with van der Waals surface area (Å²) in [4.78, 5) is 17.5. The molecule has 1 aromatic heterocycles. The molecule has 1 saturated heterocycles. The standard InChI is InChI=1S/C25H34ClN7O2Si/c1-25(2,35-36(3,4)5)20-11-21-16(15-33(32-21)18-6-8-28-9-7-18)10-22(20)31-24(34)19(12-27)23-29-13-17(26)14-30-23/h10-15,18,27-29H,6-9H2,1-5H3,(H,31,34)/b23-19-,27-12?. The van der Waals surface area contributed by atoms with Crippen molar-refractivity contribution in [2.24, 2.45) is 4.99 Å². The van der Waals surface area contributed by atoms with Crippen LogP contribution in [0.4, 0.5) is 5.69 Å². The highest BCUT2D eigenvalue weighted by molar-refractivity contribution is 6.69. The Bertz CT molecular complexity index is 1270. The molecule has 11 heteroatoms. The van der Waals surface area contributed by atoms with E-state index in [9.17, 15) is 4.79 Å². The summed E-state index contributed by atoms with van der Waals surface area (Å²) in [5.41, 5.74) is 1.73. The molecule has 1 amide bonds. The number of nitrogens with one attached hydrogen (secondary N) is 4. The van der Waals surface area contributed by atoms with Gasteiger partial charge in [-0.25, -0.2) is 4.99 Å². The van der Waals surface area contributed by atoms with E-state index < -0.39 is 19.8 Å². The minimum absolute atomic E-state index is 0.0898. The SMILES string of the molecule is CC(C)(O[Si](C)(C)C)c1cc2nn(C3CCNCC3)cc2cc1NC(=O)/C(C=N)=C1\N=CC(Cl)=CN1. The third kappa shape index (κ3) is 5.95. The Labute approximate surface area is 217 Å². The fraction of sp³-hybridized carbons (Fsp3) is 0.440. The second-order valence-electron chi connectivity index (χ2n) is 10.6. The molecule has 1 aromatic carbocycles. The molecule has 1 fully saturated rings. The Morgan fingerprint density at radius 3 is 2.64 bits per heavy atom. The number of carbonyl (C=O) groups is 1. The van der Waals surface area contributed by atoms with Gasteiger partial charge in [-0.3, -0.25) is 9.48 Å². The number of nitrogens with zero attached hydrogens (tertiary/aromatic N) is 3. The van der Waals surface area contributed by atoms with E-state index in [0.717, 1.165) is 48.6 Å². The van der Waals surface area contributed by atoms with Crippen LogP contribution in [0.5, 0.6) is 0 Å². The second kappa shape index (κ2) is 10.3. The fourth-order valence-electron chi connectivity index (χ4n) is 4.69. The number of amides is 1. The summed E-state index contributed by atoms with van der Waals surface area (Å²) in [6.45, 7) is 12.4. The van der Waals surface area contributed by atoms with Crippen molar-refractivity contribution in [3.8, 4) is 0 Å². The Hall–Kier alpha value is -2.79. The van der Waals surface area contributed by atoms with Gasteiger partial charge in [0.1, 0.15) is 5.82 Å². The molecule has 2 aliphatic heterocycles. The number of hydrogen-bond donors (Lipinski definition) is 4. The molecular formula is C25H34ClN7O2Si. The van der Waals surface area contributed by atoms with Gasteiger partial charge in [0.25, 0.3) is 5.91 Å². The van der Waals surface area contributed by atoms with Crippen LogP contribution in [0.25, 0.3) is 10.9 Å². The number of carbonyl (C=O) groups excluding carboxylic acids is 1. The van der Waals surface area contributed by atoms with E-state index in [1.807, 2.05) is 32.2 Å². The predicted molar refractivity (Wildman–Crippen MR) is 148 cm³/mol. The predicted octanol–water partition coefficient (Wildman–Crippen LogP) is 4.60. The van der Waals surface area contributed by atoms with Crippen molar-refractivity contribution in [2.75, 3.05) is 18.4 Å². The molecule has 4 rings (SSSR count). The summed E-state index contributed by atoms with van der Waals surface area (Å²) in [6.07, 6.45) is 8.04. The molecule has 0 radical (unpaired) electrons. The highest BCUT2D eigenvalue weighted by atomic mass is 35.5. The van der Waals surface area contributed by atoms with Gasteiger partial charge in [-0.1, -0.05) is 11.6 Å². The summed E-state index contributed by atoms with van der Waals surface area (Å²) in [5.74, 6) is -0.197. The second-order valence-corrected chi connectivity index (χ2v) is 15.4. The van der Waals surface area contributed by atoms with Crippen molar-refractivity contribution in [2.45, 2.75) is 58.0 Å². The smallest absolute Gasteiger partial charge is 0.260 e. The van der Waals surface area contributed by atoms with Crippen molar-refractivity contribution in [1.29, 1.82) is 5.41 Å². The molecule has 2 aromatic rings. The zero-order valence-corrected chi connectivity index (χ0v) is 23.2. The lowest BCUT2D eigenvalue weighted by Crippen LogP contribution is -2.37. The number of hydrogen-bond acceptors (Lipinski definition) is 7. The van der Waals surface area contributed by atoms with Crippen molar-refractivity contribution in [3.63, 3.8) is 0 Å². The number of aliphatic imine (C=N–C) groups is 1. The van der Waals surface area contributed by atoms with Crippen molar-refractivity contribution < 1.29 is 9.22 Å². The molecule has 0 aliphatic carbocycles. The van der Waals surface area contributed by atoms with Gasteiger partial charge in [-0.05, 0) is 71.6 Å². The summed E-state index contributed by atoms with van der Waals surface area (Å²) < 4.78 is 8.60. The number of allylic oxidation sites excluding steroid dienone is 1. The number of halogens is 1. The van der Waals surface area contributed by atoms with E-state index in [2.05, 4.69) is 45.3 Å². The number of aromatic nitrogens is 2. The van der Waals surface area contributed by atoms with E-state index in [0.29, 0.717) is 16.8 Å². The fourth-order valence-corrected chi connectivity index (χ4v) is 6.43. The van der Waals surface area contributed by atoms with E-state index >= 15 is 0 Å². The molecule has 0 saturated carbocycles. The molecular weight excluding hydrogens is 494 g/mol. The Morgan fingerprint density at radius 1 is 1.31 bits per heavy atom. The first-order valence-electron chi connectivity index (χ1n) is 12.1. The van der Waals surface area contributed by atoms with Gasteiger partial charge in [0.05, 0.1) is 27.8 Å². The summed E-state index contributed by atoms with van der Waals surface area (Å²) in [7, 11) is -1.93. The highest BCUT2D eigenvalue weighted by Crippen LogP contribution is 2.37. The average molecular weight is 528 g/mol. The van der Waals surface area contributed by atoms with Gasteiger partial charge in [0.2, 0.25) is 0 Å².